The van der Waals surface area contributed by atoms with Gasteiger partial charge in [-0.25, -0.2) is 4.39 Å². The quantitative estimate of drug-likeness (QED) is 0.668. The lowest BCUT2D eigenvalue weighted by Gasteiger charge is -2.32. The van der Waals surface area contributed by atoms with Gasteiger partial charge in [-0.1, -0.05) is 30.3 Å². The first-order chi connectivity index (χ1) is 10.3. The van der Waals surface area contributed by atoms with Gasteiger partial charge in [-0.15, -0.1) is 0 Å². The molecule has 0 spiro atoms. The molecule has 0 amide bonds. The summed E-state index contributed by atoms with van der Waals surface area (Å²) in [6, 6.07) is 13.9. The van der Waals surface area contributed by atoms with E-state index in [2.05, 4.69) is 5.43 Å². The average molecular weight is 288 g/mol. The first-order valence-corrected chi connectivity index (χ1v) is 6.86. The largest absolute Gasteiger partial charge is 0.486 e. The summed E-state index contributed by atoms with van der Waals surface area (Å²) in [6.07, 6.45) is 0.156. The van der Waals surface area contributed by atoms with E-state index < -0.39 is 0 Å². The van der Waals surface area contributed by atoms with E-state index in [1.165, 1.54) is 6.07 Å². The first kappa shape index (κ1) is 13.9. The molecule has 0 fully saturated rings. The van der Waals surface area contributed by atoms with Gasteiger partial charge in [0, 0.05) is 0 Å². The maximum atomic E-state index is 13.8. The molecule has 110 valence electrons. The fourth-order valence-corrected chi connectivity index (χ4v) is 2.43. The Morgan fingerprint density at radius 3 is 2.62 bits per heavy atom. The minimum Gasteiger partial charge on any atom is -0.486 e. The highest BCUT2D eigenvalue weighted by Gasteiger charge is 2.28. The van der Waals surface area contributed by atoms with Crippen LogP contribution in [0.15, 0.2) is 48.5 Å². The van der Waals surface area contributed by atoms with Gasteiger partial charge in [-0.2, -0.15) is 0 Å². The van der Waals surface area contributed by atoms with E-state index in [0.29, 0.717) is 24.3 Å². The molecular weight excluding hydrogens is 271 g/mol. The molecule has 0 radical (unpaired) electrons. The van der Waals surface area contributed by atoms with Gasteiger partial charge in [0.25, 0.3) is 0 Å². The second kappa shape index (κ2) is 6.11. The van der Waals surface area contributed by atoms with Gasteiger partial charge in [0.2, 0.25) is 0 Å². The molecule has 2 atom stereocenters. The van der Waals surface area contributed by atoms with E-state index in [4.69, 9.17) is 15.3 Å². The van der Waals surface area contributed by atoms with E-state index in [1.54, 1.807) is 18.2 Å². The predicted molar refractivity (Wildman–Crippen MR) is 77.6 cm³/mol. The second-order valence-corrected chi connectivity index (χ2v) is 4.98. The third-order valence-corrected chi connectivity index (χ3v) is 3.59. The first-order valence-electron chi connectivity index (χ1n) is 6.86. The van der Waals surface area contributed by atoms with Gasteiger partial charge in [0.1, 0.15) is 18.5 Å². The molecule has 2 aromatic rings. The van der Waals surface area contributed by atoms with Gasteiger partial charge in [0.15, 0.2) is 11.5 Å². The summed E-state index contributed by atoms with van der Waals surface area (Å²) in [7, 11) is 0. The van der Waals surface area contributed by atoms with E-state index >= 15 is 0 Å². The molecule has 2 aromatic carbocycles. The second-order valence-electron chi connectivity index (χ2n) is 4.98. The summed E-state index contributed by atoms with van der Waals surface area (Å²) in [6.45, 7) is 0.375. The minimum absolute atomic E-state index is 0.241. The molecule has 2 unspecified atom stereocenters. The van der Waals surface area contributed by atoms with Gasteiger partial charge in [-0.05, 0) is 30.2 Å². The number of ether oxygens (including phenoxy) is 2. The lowest BCUT2D eigenvalue weighted by atomic mass is 10.0. The standard InChI is InChI=1S/C16H17FN2O2/c17-12-6-2-1-5-11(12)9-13(19-18)16-10-20-14-7-3-4-8-15(14)21-16/h1-8,13,16,19H,9-10,18H2. The Bertz CT molecular complexity index is 621. The number of para-hydroxylation sites is 2. The zero-order valence-electron chi connectivity index (χ0n) is 11.5. The average Bonchev–Trinajstić information content (AvgIpc) is 2.54. The smallest absolute Gasteiger partial charge is 0.161 e. The van der Waals surface area contributed by atoms with Crippen molar-refractivity contribution < 1.29 is 13.9 Å². The van der Waals surface area contributed by atoms with Crippen molar-refractivity contribution in [1.82, 2.24) is 5.43 Å². The Balaban J connectivity index is 1.74. The highest BCUT2D eigenvalue weighted by molar-refractivity contribution is 5.40. The van der Waals surface area contributed by atoms with Crippen LogP contribution in [-0.2, 0) is 6.42 Å². The fourth-order valence-electron chi connectivity index (χ4n) is 2.43. The number of hydrazine groups is 1. The van der Waals surface area contributed by atoms with Crippen LogP contribution in [0.4, 0.5) is 4.39 Å². The van der Waals surface area contributed by atoms with Crippen LogP contribution < -0.4 is 20.7 Å². The summed E-state index contributed by atoms with van der Waals surface area (Å²) < 4.78 is 25.3. The summed E-state index contributed by atoms with van der Waals surface area (Å²) in [5, 5.41) is 0. The number of rotatable bonds is 4. The third kappa shape index (κ3) is 2.99. The van der Waals surface area contributed by atoms with Crippen LogP contribution in [-0.4, -0.2) is 18.8 Å². The molecule has 0 saturated carbocycles. The molecule has 0 bridgehead atoms. The van der Waals surface area contributed by atoms with E-state index in [1.807, 2.05) is 24.3 Å². The highest BCUT2D eigenvalue weighted by atomic mass is 19.1. The van der Waals surface area contributed by atoms with Gasteiger partial charge in [-0.3, -0.25) is 11.3 Å². The van der Waals surface area contributed by atoms with Crippen molar-refractivity contribution in [3.8, 4) is 11.5 Å². The number of fused-ring (bicyclic) bond motifs is 1. The number of nitrogens with one attached hydrogen (secondary N) is 1. The molecule has 5 heteroatoms. The number of hydrogen-bond donors (Lipinski definition) is 2. The van der Waals surface area contributed by atoms with Crippen molar-refractivity contribution in [2.24, 2.45) is 5.84 Å². The molecule has 1 aliphatic rings. The number of benzene rings is 2. The van der Waals surface area contributed by atoms with Crippen LogP contribution in [0.1, 0.15) is 5.56 Å². The molecule has 3 N–H and O–H groups in total. The lowest BCUT2D eigenvalue weighted by molar-refractivity contribution is 0.0617. The van der Waals surface area contributed by atoms with E-state index in [9.17, 15) is 4.39 Å². The monoisotopic (exact) mass is 288 g/mol. The predicted octanol–water partition coefficient (Wildman–Crippen LogP) is 2.04. The van der Waals surface area contributed by atoms with Crippen LogP contribution in [0.3, 0.4) is 0 Å². The molecule has 4 nitrogen and oxygen atoms in total. The highest BCUT2D eigenvalue weighted by Crippen LogP contribution is 2.32. The molecule has 0 aromatic heterocycles. The molecule has 21 heavy (non-hydrogen) atoms. The van der Waals surface area contributed by atoms with Crippen molar-refractivity contribution >= 4 is 0 Å². The van der Waals surface area contributed by atoms with Gasteiger partial charge >= 0.3 is 0 Å². The van der Waals surface area contributed by atoms with Crippen LogP contribution in [0.5, 0.6) is 11.5 Å². The molecule has 1 heterocycles. The minimum atomic E-state index is -0.274. The van der Waals surface area contributed by atoms with Crippen LogP contribution in [0.2, 0.25) is 0 Å². The van der Waals surface area contributed by atoms with Crippen molar-refractivity contribution in [2.45, 2.75) is 18.6 Å². The van der Waals surface area contributed by atoms with Gasteiger partial charge < -0.3 is 9.47 Å². The van der Waals surface area contributed by atoms with Gasteiger partial charge in [0.05, 0.1) is 6.04 Å². The van der Waals surface area contributed by atoms with Crippen molar-refractivity contribution in [2.75, 3.05) is 6.61 Å². The van der Waals surface area contributed by atoms with Crippen molar-refractivity contribution in [3.05, 3.63) is 59.9 Å². The molecular formula is C16H17FN2O2. The Hall–Kier alpha value is -2.11. The SMILES string of the molecule is NNC(Cc1ccccc1F)C1COc2ccccc2O1. The maximum absolute atomic E-state index is 13.8. The molecule has 3 rings (SSSR count). The van der Waals surface area contributed by atoms with E-state index in [-0.39, 0.29) is 18.0 Å². The Morgan fingerprint density at radius 1 is 1.14 bits per heavy atom. The maximum Gasteiger partial charge on any atom is 0.161 e. The summed E-state index contributed by atoms with van der Waals surface area (Å²) >= 11 is 0. The van der Waals surface area contributed by atoms with E-state index in [0.717, 1.165) is 5.75 Å². The summed E-state index contributed by atoms with van der Waals surface area (Å²) in [5.41, 5.74) is 3.31. The Kier molecular flexibility index (Phi) is 4.03. The molecule has 0 saturated heterocycles. The molecule has 0 aliphatic carbocycles. The summed E-state index contributed by atoms with van der Waals surface area (Å²) in [5.74, 6) is 6.77. The number of hydrogen-bond acceptors (Lipinski definition) is 4. The molecule has 1 aliphatic heterocycles. The lowest BCUT2D eigenvalue weighted by Crippen LogP contribution is -2.51. The number of nitrogens with two attached hydrogens (primary N) is 1. The van der Waals surface area contributed by atoms with Crippen molar-refractivity contribution in [1.29, 1.82) is 0 Å². The fraction of sp³-hybridized carbons (Fsp3) is 0.250. The van der Waals surface area contributed by atoms with Crippen LogP contribution in [0.25, 0.3) is 0 Å². The van der Waals surface area contributed by atoms with Crippen LogP contribution in [0, 0.1) is 5.82 Å². The van der Waals surface area contributed by atoms with Crippen LogP contribution >= 0.6 is 0 Å². The number of halogens is 1. The normalized spacial score (nSPS) is 18.3. The zero-order chi connectivity index (χ0) is 14.7. The topological polar surface area (TPSA) is 56.5 Å². The van der Waals surface area contributed by atoms with Crippen molar-refractivity contribution in [3.63, 3.8) is 0 Å². The zero-order valence-corrected chi connectivity index (χ0v) is 11.5. The Morgan fingerprint density at radius 2 is 1.86 bits per heavy atom. The summed E-state index contributed by atoms with van der Waals surface area (Å²) in [4.78, 5) is 0. The third-order valence-electron chi connectivity index (χ3n) is 3.59. The Labute approximate surface area is 122 Å².